The molecule has 0 aliphatic carbocycles. The van der Waals surface area contributed by atoms with E-state index in [-0.39, 0.29) is 17.8 Å². The van der Waals surface area contributed by atoms with Crippen molar-refractivity contribution in [2.45, 2.75) is 5.75 Å². The number of nitrogens with zero attached hydrogens (tertiary/aromatic N) is 1. The number of sulfonamides is 1. The molecule has 1 rings (SSSR count). The van der Waals surface area contributed by atoms with Crippen LogP contribution in [0.1, 0.15) is 5.56 Å². The minimum Gasteiger partial charge on any atom is -0.258 e. The smallest absolute Gasteiger partial charge is 0.258 e. The Labute approximate surface area is 99.2 Å². The highest BCUT2D eigenvalue weighted by Gasteiger charge is 2.18. The zero-order valence-electron chi connectivity index (χ0n) is 9.00. The average molecular weight is 256 g/mol. The molecular weight excluding hydrogens is 244 g/mol. The first kappa shape index (κ1) is 13.3. The number of benzene rings is 1. The van der Waals surface area contributed by atoms with Crippen molar-refractivity contribution in [3.63, 3.8) is 0 Å². The van der Waals surface area contributed by atoms with E-state index in [9.17, 15) is 18.5 Å². The number of nitro groups is 1. The predicted molar refractivity (Wildman–Crippen MR) is 63.9 cm³/mol. The first-order valence-corrected chi connectivity index (χ1v) is 6.42. The van der Waals surface area contributed by atoms with E-state index >= 15 is 0 Å². The van der Waals surface area contributed by atoms with Crippen LogP contribution in [0.5, 0.6) is 0 Å². The van der Waals surface area contributed by atoms with Crippen molar-refractivity contribution in [2.24, 2.45) is 0 Å². The van der Waals surface area contributed by atoms with Gasteiger partial charge in [0, 0.05) is 18.2 Å². The Balaban J connectivity index is 2.95. The molecule has 92 valence electrons. The maximum atomic E-state index is 11.6. The maximum Gasteiger partial charge on any atom is 0.273 e. The van der Waals surface area contributed by atoms with Crippen LogP contribution >= 0.6 is 0 Å². The van der Waals surface area contributed by atoms with Gasteiger partial charge in [-0.2, -0.15) is 0 Å². The molecule has 0 heterocycles. The third-order valence-corrected chi connectivity index (χ3v) is 3.28. The molecule has 0 amide bonds. The topological polar surface area (TPSA) is 89.3 Å². The van der Waals surface area contributed by atoms with Gasteiger partial charge in [-0.15, -0.1) is 6.58 Å². The number of hydrogen-bond donors (Lipinski definition) is 1. The van der Waals surface area contributed by atoms with Gasteiger partial charge in [0.2, 0.25) is 10.0 Å². The quantitative estimate of drug-likeness (QED) is 0.470. The monoisotopic (exact) mass is 256 g/mol. The van der Waals surface area contributed by atoms with Crippen molar-refractivity contribution in [1.29, 1.82) is 0 Å². The van der Waals surface area contributed by atoms with Crippen LogP contribution < -0.4 is 4.72 Å². The van der Waals surface area contributed by atoms with Crippen molar-refractivity contribution in [1.82, 2.24) is 4.72 Å². The van der Waals surface area contributed by atoms with E-state index in [1.165, 1.54) is 24.3 Å². The predicted octanol–water partition coefficient (Wildman–Crippen LogP) is 1.20. The number of para-hydroxylation sites is 1. The summed E-state index contributed by atoms with van der Waals surface area (Å²) in [4.78, 5) is 10.1. The van der Waals surface area contributed by atoms with Crippen LogP contribution in [0.25, 0.3) is 0 Å². The van der Waals surface area contributed by atoms with Crippen LogP contribution in [-0.4, -0.2) is 19.9 Å². The second kappa shape index (κ2) is 5.55. The molecule has 0 fully saturated rings. The summed E-state index contributed by atoms with van der Waals surface area (Å²) < 4.78 is 25.4. The molecule has 0 atom stereocenters. The van der Waals surface area contributed by atoms with E-state index in [4.69, 9.17) is 0 Å². The minimum absolute atomic E-state index is 0.100. The minimum atomic E-state index is -3.58. The van der Waals surface area contributed by atoms with Crippen LogP contribution in [-0.2, 0) is 15.8 Å². The molecule has 0 aromatic heterocycles. The number of rotatable bonds is 6. The van der Waals surface area contributed by atoms with Crippen LogP contribution in [0.2, 0.25) is 0 Å². The summed E-state index contributed by atoms with van der Waals surface area (Å²) in [5, 5.41) is 10.7. The Hall–Kier alpha value is -1.73. The Bertz CT molecular complexity index is 525. The van der Waals surface area contributed by atoms with Crippen molar-refractivity contribution >= 4 is 15.7 Å². The van der Waals surface area contributed by atoms with E-state index in [0.717, 1.165) is 0 Å². The Kier molecular flexibility index (Phi) is 4.36. The molecule has 0 radical (unpaired) electrons. The normalized spacial score (nSPS) is 11.1. The van der Waals surface area contributed by atoms with Crippen LogP contribution in [0.4, 0.5) is 5.69 Å². The second-order valence-corrected chi connectivity index (χ2v) is 5.09. The highest BCUT2D eigenvalue weighted by molar-refractivity contribution is 7.88. The molecule has 0 aliphatic heterocycles. The first-order valence-electron chi connectivity index (χ1n) is 4.77. The van der Waals surface area contributed by atoms with Gasteiger partial charge in [-0.05, 0) is 0 Å². The molecule has 1 N–H and O–H groups in total. The molecule has 6 nitrogen and oxygen atoms in total. The van der Waals surface area contributed by atoms with Crippen molar-refractivity contribution in [3.8, 4) is 0 Å². The lowest BCUT2D eigenvalue weighted by Gasteiger charge is -2.05. The standard InChI is InChI=1S/C10H12N2O4S/c1-2-7-11-17(15,16)8-9-5-3-4-6-10(9)12(13)14/h2-6,11H,1,7-8H2. The summed E-state index contributed by atoms with van der Waals surface area (Å²) in [5.74, 6) is -0.419. The van der Waals surface area contributed by atoms with Gasteiger partial charge in [0.15, 0.2) is 0 Å². The fraction of sp³-hybridized carbons (Fsp3) is 0.200. The van der Waals surface area contributed by atoms with Gasteiger partial charge < -0.3 is 0 Å². The van der Waals surface area contributed by atoms with Gasteiger partial charge in [-0.25, -0.2) is 13.1 Å². The van der Waals surface area contributed by atoms with E-state index in [2.05, 4.69) is 11.3 Å². The Morgan fingerprint density at radius 2 is 2.06 bits per heavy atom. The van der Waals surface area contributed by atoms with Crippen molar-refractivity contribution in [3.05, 3.63) is 52.6 Å². The molecule has 0 spiro atoms. The zero-order chi connectivity index (χ0) is 12.9. The number of hydrogen-bond acceptors (Lipinski definition) is 4. The SMILES string of the molecule is C=CCNS(=O)(=O)Cc1ccccc1[N+](=O)[O-]. The summed E-state index contributed by atoms with van der Waals surface area (Å²) in [6, 6.07) is 5.75. The molecule has 0 saturated heterocycles. The molecule has 1 aromatic carbocycles. The van der Waals surface area contributed by atoms with Crippen molar-refractivity contribution < 1.29 is 13.3 Å². The summed E-state index contributed by atoms with van der Waals surface area (Å²) in [6.07, 6.45) is 1.40. The summed E-state index contributed by atoms with van der Waals surface area (Å²) >= 11 is 0. The lowest BCUT2D eigenvalue weighted by molar-refractivity contribution is -0.385. The van der Waals surface area contributed by atoms with E-state index in [1.54, 1.807) is 6.07 Å². The third-order valence-electron chi connectivity index (χ3n) is 1.98. The fourth-order valence-electron chi connectivity index (χ4n) is 1.25. The highest BCUT2D eigenvalue weighted by Crippen LogP contribution is 2.19. The lowest BCUT2D eigenvalue weighted by Crippen LogP contribution is -2.25. The molecular formula is C10H12N2O4S. The van der Waals surface area contributed by atoms with Gasteiger partial charge in [0.1, 0.15) is 0 Å². The average Bonchev–Trinajstić information content (AvgIpc) is 2.26. The molecule has 1 aromatic rings. The molecule has 0 unspecified atom stereocenters. The third kappa shape index (κ3) is 3.97. The van der Waals surface area contributed by atoms with Gasteiger partial charge in [0.05, 0.1) is 10.7 Å². The van der Waals surface area contributed by atoms with E-state index in [1.807, 2.05) is 0 Å². The van der Waals surface area contributed by atoms with Crippen LogP contribution in [0.3, 0.4) is 0 Å². The molecule has 7 heteroatoms. The Morgan fingerprint density at radius 1 is 1.41 bits per heavy atom. The van der Waals surface area contributed by atoms with Gasteiger partial charge in [-0.1, -0.05) is 24.3 Å². The highest BCUT2D eigenvalue weighted by atomic mass is 32.2. The fourth-order valence-corrected chi connectivity index (χ4v) is 2.38. The number of nitrogens with one attached hydrogen (secondary N) is 1. The van der Waals surface area contributed by atoms with E-state index < -0.39 is 20.7 Å². The van der Waals surface area contributed by atoms with Gasteiger partial charge in [0.25, 0.3) is 5.69 Å². The summed E-state index contributed by atoms with van der Waals surface area (Å²) in [6.45, 7) is 3.48. The summed E-state index contributed by atoms with van der Waals surface area (Å²) in [5.41, 5.74) is -0.0365. The second-order valence-electron chi connectivity index (χ2n) is 3.28. The molecule has 0 bridgehead atoms. The van der Waals surface area contributed by atoms with Crippen LogP contribution in [0.15, 0.2) is 36.9 Å². The van der Waals surface area contributed by atoms with Crippen molar-refractivity contribution in [2.75, 3.05) is 6.54 Å². The van der Waals surface area contributed by atoms with E-state index in [0.29, 0.717) is 0 Å². The zero-order valence-corrected chi connectivity index (χ0v) is 9.81. The first-order chi connectivity index (χ1) is 7.96. The largest absolute Gasteiger partial charge is 0.273 e. The molecule has 17 heavy (non-hydrogen) atoms. The summed E-state index contributed by atoms with van der Waals surface area (Å²) in [7, 11) is -3.58. The van der Waals surface area contributed by atoms with Gasteiger partial charge in [-0.3, -0.25) is 10.1 Å². The Morgan fingerprint density at radius 3 is 2.65 bits per heavy atom. The molecule has 0 aliphatic rings. The lowest BCUT2D eigenvalue weighted by atomic mass is 10.2. The molecule has 0 saturated carbocycles. The maximum absolute atomic E-state index is 11.6. The van der Waals surface area contributed by atoms with Crippen LogP contribution in [0, 0.1) is 10.1 Å². The van der Waals surface area contributed by atoms with Gasteiger partial charge >= 0.3 is 0 Å². The number of nitro benzene ring substituents is 1.